The second kappa shape index (κ2) is 4.28. The fourth-order valence-electron chi connectivity index (χ4n) is 1.87. The van der Waals surface area contributed by atoms with Crippen molar-refractivity contribution in [1.82, 2.24) is 4.98 Å². The normalized spacial score (nSPS) is 10.8. The SMILES string of the molecule is COc1ccc2nc(-c3cccc(F)c3N)oc2c1. The molecule has 5 heteroatoms. The van der Waals surface area contributed by atoms with Crippen molar-refractivity contribution in [3.05, 3.63) is 42.2 Å². The molecule has 0 radical (unpaired) electrons. The molecule has 2 aromatic carbocycles. The van der Waals surface area contributed by atoms with Crippen molar-refractivity contribution in [2.75, 3.05) is 12.8 Å². The van der Waals surface area contributed by atoms with Crippen LogP contribution in [0.3, 0.4) is 0 Å². The summed E-state index contributed by atoms with van der Waals surface area (Å²) in [7, 11) is 1.57. The highest BCUT2D eigenvalue weighted by atomic mass is 19.1. The van der Waals surface area contributed by atoms with Gasteiger partial charge in [0, 0.05) is 6.07 Å². The summed E-state index contributed by atoms with van der Waals surface area (Å²) in [5.41, 5.74) is 7.40. The second-order valence-electron chi connectivity index (χ2n) is 4.05. The average Bonchev–Trinajstić information content (AvgIpc) is 2.84. The molecule has 1 aromatic heterocycles. The van der Waals surface area contributed by atoms with Crippen LogP contribution in [-0.4, -0.2) is 12.1 Å². The zero-order valence-electron chi connectivity index (χ0n) is 10.2. The third kappa shape index (κ3) is 1.89. The Bertz CT molecular complexity index is 752. The number of ether oxygens (including phenoxy) is 1. The monoisotopic (exact) mass is 258 g/mol. The minimum absolute atomic E-state index is 0.0287. The fourth-order valence-corrected chi connectivity index (χ4v) is 1.87. The maximum atomic E-state index is 13.4. The van der Waals surface area contributed by atoms with Crippen LogP contribution in [0.4, 0.5) is 10.1 Å². The van der Waals surface area contributed by atoms with Crippen LogP contribution < -0.4 is 10.5 Å². The summed E-state index contributed by atoms with van der Waals surface area (Å²) in [6.45, 7) is 0. The summed E-state index contributed by atoms with van der Waals surface area (Å²) in [5.74, 6) is 0.472. The third-order valence-corrected chi connectivity index (χ3v) is 2.88. The average molecular weight is 258 g/mol. The van der Waals surface area contributed by atoms with E-state index in [-0.39, 0.29) is 5.69 Å². The van der Waals surface area contributed by atoms with E-state index in [1.807, 2.05) is 0 Å². The smallest absolute Gasteiger partial charge is 0.229 e. The van der Waals surface area contributed by atoms with Crippen LogP contribution in [0.5, 0.6) is 5.75 Å². The van der Waals surface area contributed by atoms with Gasteiger partial charge in [-0.15, -0.1) is 0 Å². The quantitative estimate of drug-likeness (QED) is 0.717. The first kappa shape index (κ1) is 11.5. The topological polar surface area (TPSA) is 61.3 Å². The molecule has 4 nitrogen and oxygen atoms in total. The number of anilines is 1. The Morgan fingerprint density at radius 1 is 1.26 bits per heavy atom. The van der Waals surface area contributed by atoms with E-state index in [1.54, 1.807) is 37.4 Å². The molecule has 0 aliphatic heterocycles. The van der Waals surface area contributed by atoms with Gasteiger partial charge in [-0.05, 0) is 24.3 Å². The molecule has 0 aliphatic carbocycles. The lowest BCUT2D eigenvalue weighted by Crippen LogP contribution is -1.93. The van der Waals surface area contributed by atoms with Crippen molar-refractivity contribution < 1.29 is 13.5 Å². The number of fused-ring (bicyclic) bond motifs is 1. The van der Waals surface area contributed by atoms with Crippen molar-refractivity contribution >= 4 is 16.8 Å². The standard InChI is InChI=1S/C14H11FN2O2/c1-18-8-5-6-11-12(7-8)19-14(17-11)9-3-2-4-10(15)13(9)16/h2-7H,16H2,1H3. The summed E-state index contributed by atoms with van der Waals surface area (Å²) in [6.07, 6.45) is 0. The van der Waals surface area contributed by atoms with Gasteiger partial charge >= 0.3 is 0 Å². The molecular formula is C14H11FN2O2. The van der Waals surface area contributed by atoms with Crippen molar-refractivity contribution in [1.29, 1.82) is 0 Å². The third-order valence-electron chi connectivity index (χ3n) is 2.88. The largest absolute Gasteiger partial charge is 0.497 e. The van der Waals surface area contributed by atoms with Crippen LogP contribution in [-0.2, 0) is 0 Å². The van der Waals surface area contributed by atoms with Crippen LogP contribution in [0.1, 0.15) is 0 Å². The second-order valence-corrected chi connectivity index (χ2v) is 4.05. The van der Waals surface area contributed by atoms with Crippen molar-refractivity contribution in [2.45, 2.75) is 0 Å². The molecule has 1 heterocycles. The highest BCUT2D eigenvalue weighted by Crippen LogP contribution is 2.31. The van der Waals surface area contributed by atoms with Gasteiger partial charge in [0.05, 0.1) is 18.4 Å². The van der Waals surface area contributed by atoms with Crippen LogP contribution in [0.15, 0.2) is 40.8 Å². The van der Waals surface area contributed by atoms with Gasteiger partial charge in [0.15, 0.2) is 5.58 Å². The van der Waals surface area contributed by atoms with Crippen molar-refractivity contribution in [2.24, 2.45) is 0 Å². The predicted octanol–water partition coefficient (Wildman–Crippen LogP) is 3.22. The van der Waals surface area contributed by atoms with Crippen LogP contribution in [0.25, 0.3) is 22.6 Å². The van der Waals surface area contributed by atoms with Gasteiger partial charge in [-0.3, -0.25) is 0 Å². The number of hydrogen-bond acceptors (Lipinski definition) is 4. The minimum atomic E-state index is -0.489. The van der Waals surface area contributed by atoms with Crippen molar-refractivity contribution in [3.8, 4) is 17.2 Å². The summed E-state index contributed by atoms with van der Waals surface area (Å²) in [4.78, 5) is 4.29. The van der Waals surface area contributed by atoms with E-state index in [9.17, 15) is 4.39 Å². The molecule has 96 valence electrons. The van der Waals surface area contributed by atoms with E-state index in [1.165, 1.54) is 6.07 Å². The summed E-state index contributed by atoms with van der Waals surface area (Å²) in [6, 6.07) is 9.81. The summed E-state index contributed by atoms with van der Waals surface area (Å²) in [5, 5.41) is 0. The van der Waals surface area contributed by atoms with E-state index in [2.05, 4.69) is 4.98 Å². The highest BCUT2D eigenvalue weighted by Gasteiger charge is 2.13. The first-order valence-electron chi connectivity index (χ1n) is 5.68. The summed E-state index contributed by atoms with van der Waals surface area (Å²) < 4.78 is 24.1. The van der Waals surface area contributed by atoms with E-state index in [0.29, 0.717) is 28.3 Å². The number of rotatable bonds is 2. The van der Waals surface area contributed by atoms with Crippen molar-refractivity contribution in [3.63, 3.8) is 0 Å². The maximum absolute atomic E-state index is 13.4. The van der Waals surface area contributed by atoms with Gasteiger partial charge < -0.3 is 14.9 Å². The zero-order chi connectivity index (χ0) is 13.4. The molecule has 0 fully saturated rings. The molecule has 0 amide bonds. The molecule has 0 bridgehead atoms. The molecule has 0 saturated carbocycles. The minimum Gasteiger partial charge on any atom is -0.497 e. The van der Waals surface area contributed by atoms with Crippen LogP contribution >= 0.6 is 0 Å². The van der Waals surface area contributed by atoms with Gasteiger partial charge in [-0.1, -0.05) is 6.07 Å². The summed E-state index contributed by atoms with van der Waals surface area (Å²) >= 11 is 0. The van der Waals surface area contributed by atoms with E-state index in [4.69, 9.17) is 14.9 Å². The number of para-hydroxylation sites is 1. The maximum Gasteiger partial charge on any atom is 0.229 e. The van der Waals surface area contributed by atoms with Gasteiger partial charge in [-0.2, -0.15) is 0 Å². The predicted molar refractivity (Wildman–Crippen MR) is 70.4 cm³/mol. The lowest BCUT2D eigenvalue weighted by molar-refractivity contribution is 0.414. The van der Waals surface area contributed by atoms with Gasteiger partial charge in [0.25, 0.3) is 0 Å². The van der Waals surface area contributed by atoms with E-state index < -0.39 is 5.82 Å². The molecule has 0 unspecified atom stereocenters. The van der Waals surface area contributed by atoms with Gasteiger partial charge in [0.1, 0.15) is 17.1 Å². The number of nitrogens with zero attached hydrogens (tertiary/aromatic N) is 1. The number of nitrogens with two attached hydrogens (primary N) is 1. The number of benzene rings is 2. The molecular weight excluding hydrogens is 247 g/mol. The number of oxazole rings is 1. The number of aromatic nitrogens is 1. The molecule has 0 atom stereocenters. The number of hydrogen-bond donors (Lipinski definition) is 1. The molecule has 0 saturated heterocycles. The Morgan fingerprint density at radius 3 is 2.89 bits per heavy atom. The fraction of sp³-hybridized carbons (Fsp3) is 0.0714. The molecule has 19 heavy (non-hydrogen) atoms. The Kier molecular flexibility index (Phi) is 2.59. The molecule has 0 aliphatic rings. The highest BCUT2D eigenvalue weighted by molar-refractivity contribution is 5.80. The van der Waals surface area contributed by atoms with Crippen LogP contribution in [0, 0.1) is 5.82 Å². The Hall–Kier alpha value is -2.56. The lowest BCUT2D eigenvalue weighted by Gasteiger charge is -2.01. The number of methoxy groups -OCH3 is 1. The Morgan fingerprint density at radius 2 is 2.11 bits per heavy atom. The molecule has 0 spiro atoms. The lowest BCUT2D eigenvalue weighted by atomic mass is 10.2. The van der Waals surface area contributed by atoms with Gasteiger partial charge in [0.2, 0.25) is 5.89 Å². The first-order valence-corrected chi connectivity index (χ1v) is 5.68. The Labute approximate surface area is 108 Å². The van der Waals surface area contributed by atoms with Crippen LogP contribution in [0.2, 0.25) is 0 Å². The molecule has 2 N–H and O–H groups in total. The first-order chi connectivity index (χ1) is 9.19. The Balaban J connectivity index is 2.18. The number of nitrogen functional groups attached to an aromatic ring is 1. The van der Waals surface area contributed by atoms with E-state index >= 15 is 0 Å². The van der Waals surface area contributed by atoms with Gasteiger partial charge in [-0.25, -0.2) is 9.37 Å². The zero-order valence-corrected chi connectivity index (χ0v) is 10.2. The number of halogens is 1. The van der Waals surface area contributed by atoms with E-state index in [0.717, 1.165) is 0 Å². The molecule has 3 aromatic rings. The molecule has 3 rings (SSSR count).